The molecular formula is C21H20Cl2F8N4O5. The van der Waals surface area contributed by atoms with E-state index in [2.05, 4.69) is 9.97 Å². The van der Waals surface area contributed by atoms with Crippen LogP contribution in [-0.4, -0.2) is 48.3 Å². The van der Waals surface area contributed by atoms with E-state index >= 15 is 0 Å². The second-order valence-electron chi connectivity index (χ2n) is 8.08. The molecule has 0 atom stereocenters. The monoisotopic (exact) mass is 630 g/mol. The van der Waals surface area contributed by atoms with Gasteiger partial charge in [-0.1, -0.05) is 23.2 Å². The first-order chi connectivity index (χ1) is 18.2. The smallest absolute Gasteiger partial charge is 0.389 e. The number of aromatic nitrogens is 4. The predicted molar refractivity (Wildman–Crippen MR) is 123 cm³/mol. The Labute approximate surface area is 229 Å². The number of carboxylic acid groups (broad SMARTS) is 1. The molecule has 0 radical (unpaired) electrons. The average molecular weight is 631 g/mol. The van der Waals surface area contributed by atoms with Gasteiger partial charge in [-0.2, -0.15) is 35.1 Å². The molecule has 0 bridgehead atoms. The molecule has 0 saturated carbocycles. The fourth-order valence-corrected chi connectivity index (χ4v) is 3.41. The first-order valence-corrected chi connectivity index (χ1v) is 11.7. The molecule has 0 saturated heterocycles. The highest BCUT2D eigenvalue weighted by atomic mass is 35.5. The third kappa shape index (κ3) is 11.6. The summed E-state index contributed by atoms with van der Waals surface area (Å²) in [6.45, 7) is -0.193. The van der Waals surface area contributed by atoms with Gasteiger partial charge < -0.3 is 5.11 Å². The Balaban J connectivity index is 0.000000400. The SMILES string of the molecule is CC(=O)Cn1c(CCCC(F)(F)F)nc(Cl)c(F)c1=O.O=C(O)Cn1c(CCCC(F)(F)F)nc(Cl)c(F)c1=O. The van der Waals surface area contributed by atoms with Gasteiger partial charge in [-0.05, 0) is 19.8 Å². The van der Waals surface area contributed by atoms with Gasteiger partial charge in [-0.25, -0.2) is 9.97 Å². The number of aryl methyl sites for hydroxylation is 2. The van der Waals surface area contributed by atoms with Crippen molar-refractivity contribution in [3.05, 3.63) is 54.3 Å². The minimum absolute atomic E-state index is 0.138. The van der Waals surface area contributed by atoms with Crippen LogP contribution in [0.2, 0.25) is 10.3 Å². The Morgan fingerprint density at radius 3 is 1.43 bits per heavy atom. The highest BCUT2D eigenvalue weighted by Crippen LogP contribution is 2.23. The number of aliphatic carboxylic acids is 1. The summed E-state index contributed by atoms with van der Waals surface area (Å²) in [5, 5.41) is 7.10. The number of alkyl halides is 6. The number of hydrogen-bond donors (Lipinski definition) is 1. The van der Waals surface area contributed by atoms with Crippen LogP contribution in [0.25, 0.3) is 0 Å². The molecule has 40 heavy (non-hydrogen) atoms. The van der Waals surface area contributed by atoms with E-state index in [0.717, 1.165) is 0 Å². The second-order valence-corrected chi connectivity index (χ2v) is 8.80. The van der Waals surface area contributed by atoms with Crippen LogP contribution in [0, 0.1) is 11.6 Å². The zero-order valence-corrected chi connectivity index (χ0v) is 21.8. The van der Waals surface area contributed by atoms with E-state index in [1.54, 1.807) is 0 Å². The molecule has 1 N–H and O–H groups in total. The molecular weight excluding hydrogens is 611 g/mol. The summed E-state index contributed by atoms with van der Waals surface area (Å²) in [5.74, 6) is -5.10. The number of Topliss-reactive ketones (excluding diaryl/α,β-unsaturated/α-hetero) is 1. The number of hydrogen-bond acceptors (Lipinski definition) is 6. The maximum absolute atomic E-state index is 13.3. The lowest BCUT2D eigenvalue weighted by Crippen LogP contribution is -2.31. The fourth-order valence-electron chi connectivity index (χ4n) is 3.05. The lowest BCUT2D eigenvalue weighted by atomic mass is 10.2. The lowest BCUT2D eigenvalue weighted by Gasteiger charge is -2.12. The molecule has 0 aromatic carbocycles. The zero-order chi connectivity index (χ0) is 31.0. The van der Waals surface area contributed by atoms with Crippen molar-refractivity contribution < 1.29 is 49.8 Å². The first-order valence-electron chi connectivity index (χ1n) is 11.0. The van der Waals surface area contributed by atoms with Crippen molar-refractivity contribution in [2.45, 2.75) is 70.9 Å². The van der Waals surface area contributed by atoms with Crippen molar-refractivity contribution in [1.82, 2.24) is 19.1 Å². The predicted octanol–water partition coefficient (Wildman–Crippen LogP) is 4.52. The van der Waals surface area contributed by atoms with Gasteiger partial charge in [0, 0.05) is 25.7 Å². The molecule has 0 fully saturated rings. The summed E-state index contributed by atoms with van der Waals surface area (Å²) in [4.78, 5) is 51.7. The molecule has 19 heteroatoms. The third-order valence-electron chi connectivity index (χ3n) is 4.70. The minimum Gasteiger partial charge on any atom is -0.480 e. The standard InChI is InChI=1S/C11H11ClF4N2O2.C10H9ClF4N2O3/c1-6(19)5-18-7(3-2-4-11(14,15)16)17-9(12)8(13)10(18)20;11-8-7(12)9(20)17(4-6(18)19)5(16-8)2-1-3-10(13,14)15/h2-5H2,1H3;1-4H2,(H,18,19). The van der Waals surface area contributed by atoms with Crippen LogP contribution in [0.1, 0.15) is 44.3 Å². The molecule has 0 aliphatic carbocycles. The molecule has 224 valence electrons. The molecule has 2 rings (SSSR count). The number of nitrogens with zero attached hydrogens (tertiary/aromatic N) is 4. The van der Waals surface area contributed by atoms with Crippen molar-refractivity contribution in [3.8, 4) is 0 Å². The van der Waals surface area contributed by atoms with Crippen molar-refractivity contribution in [3.63, 3.8) is 0 Å². The van der Waals surface area contributed by atoms with Crippen molar-refractivity contribution in [2.24, 2.45) is 0 Å². The first kappa shape index (κ1) is 34.9. The summed E-state index contributed by atoms with van der Waals surface area (Å²) in [6, 6.07) is 0. The van der Waals surface area contributed by atoms with Gasteiger partial charge in [0.05, 0.1) is 6.54 Å². The highest BCUT2D eigenvalue weighted by molar-refractivity contribution is 6.29. The summed E-state index contributed by atoms with van der Waals surface area (Å²) < 4.78 is 100.0. The normalized spacial score (nSPS) is 11.7. The van der Waals surface area contributed by atoms with E-state index < -0.39 is 89.5 Å². The van der Waals surface area contributed by atoms with Gasteiger partial charge in [0.15, 0.2) is 10.3 Å². The van der Waals surface area contributed by atoms with E-state index in [1.807, 2.05) is 0 Å². The number of ketones is 1. The van der Waals surface area contributed by atoms with Crippen LogP contribution in [-0.2, 0) is 35.5 Å². The molecule has 0 aliphatic heterocycles. The molecule has 0 spiro atoms. The van der Waals surface area contributed by atoms with Gasteiger partial charge in [0.25, 0.3) is 11.1 Å². The van der Waals surface area contributed by atoms with Gasteiger partial charge in [-0.3, -0.25) is 28.3 Å². The average Bonchev–Trinajstić information content (AvgIpc) is 2.79. The van der Waals surface area contributed by atoms with Crippen LogP contribution in [0.15, 0.2) is 9.59 Å². The Kier molecular flexibility index (Phi) is 12.7. The lowest BCUT2D eigenvalue weighted by molar-refractivity contribution is -0.138. The summed E-state index contributed by atoms with van der Waals surface area (Å²) in [6.07, 6.45) is -12.3. The molecule has 0 aliphatic rings. The van der Waals surface area contributed by atoms with E-state index in [4.69, 9.17) is 28.3 Å². The number of carbonyl (C=O) groups excluding carboxylic acids is 1. The van der Waals surface area contributed by atoms with E-state index in [-0.39, 0.29) is 30.9 Å². The molecule has 2 aromatic heterocycles. The number of carboxylic acids is 1. The van der Waals surface area contributed by atoms with Crippen LogP contribution in [0.5, 0.6) is 0 Å². The molecule has 9 nitrogen and oxygen atoms in total. The van der Waals surface area contributed by atoms with Crippen molar-refractivity contribution in [2.75, 3.05) is 0 Å². The number of rotatable bonds is 10. The van der Waals surface area contributed by atoms with Crippen LogP contribution >= 0.6 is 23.2 Å². The maximum atomic E-state index is 13.3. The van der Waals surface area contributed by atoms with Crippen LogP contribution < -0.4 is 11.1 Å². The highest BCUT2D eigenvalue weighted by Gasteiger charge is 2.28. The third-order valence-corrected chi connectivity index (χ3v) is 5.20. The van der Waals surface area contributed by atoms with Crippen LogP contribution in [0.4, 0.5) is 35.1 Å². The number of carbonyl (C=O) groups is 2. The molecule has 0 amide bonds. The second kappa shape index (κ2) is 14.5. The zero-order valence-electron chi connectivity index (χ0n) is 20.3. The molecule has 0 unspecified atom stereocenters. The topological polar surface area (TPSA) is 124 Å². The van der Waals surface area contributed by atoms with Crippen molar-refractivity contribution in [1.29, 1.82) is 0 Å². The van der Waals surface area contributed by atoms with Crippen molar-refractivity contribution >= 4 is 35.0 Å². The van der Waals surface area contributed by atoms with E-state index in [1.165, 1.54) is 6.92 Å². The van der Waals surface area contributed by atoms with E-state index in [9.17, 15) is 54.3 Å². The molecule has 2 heterocycles. The Morgan fingerprint density at radius 2 is 1.12 bits per heavy atom. The Hall–Kier alpha value is -3.08. The largest absolute Gasteiger partial charge is 0.480 e. The number of halogens is 10. The molecule has 2 aromatic rings. The van der Waals surface area contributed by atoms with Gasteiger partial charge in [-0.15, -0.1) is 0 Å². The summed E-state index contributed by atoms with van der Waals surface area (Å²) >= 11 is 10.7. The maximum Gasteiger partial charge on any atom is 0.389 e. The van der Waals surface area contributed by atoms with Gasteiger partial charge >= 0.3 is 18.3 Å². The summed E-state index contributed by atoms with van der Waals surface area (Å²) in [5.41, 5.74) is -2.49. The fraction of sp³-hybridized carbons (Fsp3) is 0.524. The quantitative estimate of drug-likeness (QED) is 0.302. The summed E-state index contributed by atoms with van der Waals surface area (Å²) in [7, 11) is 0. The Bertz CT molecular complexity index is 1240. The van der Waals surface area contributed by atoms with E-state index in [0.29, 0.717) is 9.13 Å². The van der Waals surface area contributed by atoms with Gasteiger partial charge in [0.2, 0.25) is 11.6 Å². The van der Waals surface area contributed by atoms with Gasteiger partial charge in [0.1, 0.15) is 24.0 Å². The van der Waals surface area contributed by atoms with Crippen LogP contribution in [0.3, 0.4) is 0 Å². The Morgan fingerprint density at radius 1 is 0.775 bits per heavy atom. The minimum atomic E-state index is -4.39.